The fraction of sp³-hybridized carbons (Fsp3) is 0.464. The number of aromatic nitrogens is 2. The van der Waals surface area contributed by atoms with Crippen LogP contribution in [0.4, 0.5) is 4.79 Å². The first-order valence-electron chi connectivity index (χ1n) is 13.3. The Kier molecular flexibility index (Phi) is 13.2. The van der Waals surface area contributed by atoms with E-state index >= 15 is 0 Å². The predicted octanol–water partition coefficient (Wildman–Crippen LogP) is 1.75. The number of hydrogen-bond acceptors (Lipinski definition) is 9. The van der Waals surface area contributed by atoms with Crippen molar-refractivity contribution in [3.05, 3.63) is 60.2 Å². The summed E-state index contributed by atoms with van der Waals surface area (Å²) in [5, 5.41) is 10.6. The molecule has 0 aliphatic carbocycles. The Morgan fingerprint density at radius 2 is 1.29 bits per heavy atom. The summed E-state index contributed by atoms with van der Waals surface area (Å²) in [5.74, 6) is -2.03. The SMILES string of the molecule is COC(=O)[C@H](CCCNC(=O)c1ccccn1)NC(=O)[C@H](CCCNC(=O)c1ccccn1)NC(=O)OC(C)(C)C. The Labute approximate surface area is 239 Å². The summed E-state index contributed by atoms with van der Waals surface area (Å²) in [6.45, 7) is 5.51. The first-order valence-corrected chi connectivity index (χ1v) is 13.3. The molecule has 0 saturated carbocycles. The first-order chi connectivity index (χ1) is 19.5. The van der Waals surface area contributed by atoms with Crippen molar-refractivity contribution in [3.8, 4) is 0 Å². The van der Waals surface area contributed by atoms with E-state index in [0.29, 0.717) is 12.8 Å². The van der Waals surface area contributed by atoms with Crippen LogP contribution in [0.25, 0.3) is 0 Å². The number of amides is 4. The van der Waals surface area contributed by atoms with Gasteiger partial charge in [-0.15, -0.1) is 0 Å². The minimum atomic E-state index is -1.06. The number of nitrogens with one attached hydrogen (secondary N) is 4. The molecule has 4 N–H and O–H groups in total. The first kappa shape index (κ1) is 32.7. The lowest BCUT2D eigenvalue weighted by Gasteiger charge is -2.25. The van der Waals surface area contributed by atoms with Gasteiger partial charge in [-0.2, -0.15) is 0 Å². The average Bonchev–Trinajstić information content (AvgIpc) is 2.95. The Balaban J connectivity index is 1.96. The molecule has 0 aliphatic heterocycles. The zero-order valence-electron chi connectivity index (χ0n) is 23.8. The lowest BCUT2D eigenvalue weighted by Crippen LogP contribution is -2.52. The van der Waals surface area contributed by atoms with Crippen molar-refractivity contribution in [3.63, 3.8) is 0 Å². The Morgan fingerprint density at radius 3 is 1.73 bits per heavy atom. The molecule has 2 aromatic heterocycles. The monoisotopic (exact) mass is 570 g/mol. The van der Waals surface area contributed by atoms with Crippen molar-refractivity contribution in [2.45, 2.75) is 64.1 Å². The molecule has 0 spiro atoms. The van der Waals surface area contributed by atoms with Crippen LogP contribution in [0, 0.1) is 0 Å². The number of ether oxygens (including phenoxy) is 2. The molecule has 2 rings (SSSR count). The van der Waals surface area contributed by atoms with Crippen LogP contribution in [0.15, 0.2) is 48.8 Å². The number of hydrogen-bond donors (Lipinski definition) is 4. The van der Waals surface area contributed by atoms with Gasteiger partial charge in [0.05, 0.1) is 7.11 Å². The standard InChI is InChI=1S/C28H38N6O7/c1-28(2,3)41-27(39)34-21(13-9-17-31-23(35)19-11-5-7-15-29-19)25(37)33-22(26(38)40-4)14-10-18-32-24(36)20-12-6-8-16-30-20/h5-8,11-12,15-16,21-22H,9-10,13-14,17-18H2,1-4H3,(H,31,35)(H,32,36)(H,33,37)(H,34,39)/t21-,22-/m0/s1. The van der Waals surface area contributed by atoms with E-state index in [4.69, 9.17) is 9.47 Å². The maximum absolute atomic E-state index is 13.2. The van der Waals surface area contributed by atoms with Gasteiger partial charge in [0.15, 0.2) is 0 Å². The number of alkyl carbamates (subject to hydrolysis) is 1. The van der Waals surface area contributed by atoms with Crippen LogP contribution >= 0.6 is 0 Å². The van der Waals surface area contributed by atoms with Gasteiger partial charge in [-0.05, 0) is 70.7 Å². The maximum Gasteiger partial charge on any atom is 0.408 e. The molecule has 0 bridgehead atoms. The van der Waals surface area contributed by atoms with Gasteiger partial charge in [-0.25, -0.2) is 9.59 Å². The van der Waals surface area contributed by atoms with Crippen molar-refractivity contribution in [1.82, 2.24) is 31.2 Å². The number of nitrogens with zero attached hydrogens (tertiary/aromatic N) is 2. The molecule has 2 atom stereocenters. The fourth-order valence-corrected chi connectivity index (χ4v) is 3.57. The highest BCUT2D eigenvalue weighted by Crippen LogP contribution is 2.09. The van der Waals surface area contributed by atoms with Gasteiger partial charge in [0.1, 0.15) is 29.1 Å². The second-order valence-corrected chi connectivity index (χ2v) is 10.0. The molecule has 0 aliphatic rings. The molecular weight excluding hydrogens is 532 g/mol. The normalized spacial score (nSPS) is 12.3. The van der Waals surface area contributed by atoms with E-state index in [1.165, 1.54) is 19.5 Å². The Morgan fingerprint density at radius 1 is 0.780 bits per heavy atom. The summed E-state index contributed by atoms with van der Waals surface area (Å²) >= 11 is 0. The highest BCUT2D eigenvalue weighted by molar-refractivity contribution is 5.92. The summed E-state index contributed by atoms with van der Waals surface area (Å²) in [5.41, 5.74) is -0.279. The lowest BCUT2D eigenvalue weighted by atomic mass is 10.1. The van der Waals surface area contributed by atoms with Crippen molar-refractivity contribution < 1.29 is 33.4 Å². The number of pyridine rings is 2. The van der Waals surface area contributed by atoms with Crippen molar-refractivity contribution >= 4 is 29.8 Å². The van der Waals surface area contributed by atoms with Crippen LogP contribution in [0.1, 0.15) is 67.4 Å². The average molecular weight is 571 g/mol. The molecule has 222 valence electrons. The summed E-state index contributed by atoms with van der Waals surface area (Å²) in [6.07, 6.45) is 3.20. The third-order valence-corrected chi connectivity index (χ3v) is 5.51. The van der Waals surface area contributed by atoms with Gasteiger partial charge in [0, 0.05) is 25.5 Å². The molecule has 0 radical (unpaired) electrons. The quantitative estimate of drug-likeness (QED) is 0.195. The third-order valence-electron chi connectivity index (χ3n) is 5.51. The molecule has 0 fully saturated rings. The minimum absolute atomic E-state index is 0.140. The van der Waals surface area contributed by atoms with Gasteiger partial charge in [-0.3, -0.25) is 24.4 Å². The maximum atomic E-state index is 13.2. The number of rotatable bonds is 14. The molecular formula is C28H38N6O7. The highest BCUT2D eigenvalue weighted by atomic mass is 16.6. The van der Waals surface area contributed by atoms with E-state index in [0.717, 1.165) is 0 Å². The summed E-state index contributed by atoms with van der Waals surface area (Å²) < 4.78 is 10.1. The molecule has 0 saturated heterocycles. The van der Waals surface area contributed by atoms with Crippen LogP contribution in [0.2, 0.25) is 0 Å². The number of carbonyl (C=O) groups excluding carboxylic acids is 5. The summed E-state index contributed by atoms with van der Waals surface area (Å²) in [7, 11) is 1.20. The van der Waals surface area contributed by atoms with E-state index < -0.39 is 35.7 Å². The van der Waals surface area contributed by atoms with Crippen LogP contribution < -0.4 is 21.3 Å². The van der Waals surface area contributed by atoms with Crippen LogP contribution in [0.3, 0.4) is 0 Å². The van der Waals surface area contributed by atoms with Crippen LogP contribution in [0.5, 0.6) is 0 Å². The van der Waals surface area contributed by atoms with Gasteiger partial charge < -0.3 is 30.7 Å². The number of esters is 1. The molecule has 13 heteroatoms. The molecule has 13 nitrogen and oxygen atoms in total. The van der Waals surface area contributed by atoms with E-state index in [1.807, 2.05) is 0 Å². The molecule has 41 heavy (non-hydrogen) atoms. The number of carbonyl (C=O) groups is 5. The second kappa shape index (κ2) is 16.5. The van der Waals surface area contributed by atoms with Crippen LogP contribution in [-0.2, 0) is 19.1 Å². The topological polar surface area (TPSA) is 178 Å². The van der Waals surface area contributed by atoms with Crippen LogP contribution in [-0.4, -0.2) is 77.6 Å². The van der Waals surface area contributed by atoms with Crippen molar-refractivity contribution in [2.24, 2.45) is 0 Å². The Hall–Kier alpha value is -4.55. The van der Waals surface area contributed by atoms with Crippen molar-refractivity contribution in [1.29, 1.82) is 0 Å². The third kappa shape index (κ3) is 12.4. The van der Waals surface area contributed by atoms with E-state index in [2.05, 4.69) is 31.2 Å². The minimum Gasteiger partial charge on any atom is -0.467 e. The van der Waals surface area contributed by atoms with E-state index in [9.17, 15) is 24.0 Å². The summed E-state index contributed by atoms with van der Waals surface area (Å²) in [6, 6.07) is 7.85. The molecule has 2 heterocycles. The molecule has 0 aromatic carbocycles. The molecule has 4 amide bonds. The van der Waals surface area contributed by atoms with Gasteiger partial charge >= 0.3 is 12.1 Å². The van der Waals surface area contributed by atoms with Gasteiger partial charge in [-0.1, -0.05) is 12.1 Å². The van der Waals surface area contributed by atoms with E-state index in [-0.39, 0.29) is 49.1 Å². The smallest absolute Gasteiger partial charge is 0.408 e. The lowest BCUT2D eigenvalue weighted by molar-refractivity contribution is -0.145. The largest absolute Gasteiger partial charge is 0.467 e. The number of methoxy groups -OCH3 is 1. The molecule has 2 aromatic rings. The fourth-order valence-electron chi connectivity index (χ4n) is 3.57. The zero-order chi connectivity index (χ0) is 30.3. The van der Waals surface area contributed by atoms with Gasteiger partial charge in [0.25, 0.3) is 11.8 Å². The van der Waals surface area contributed by atoms with E-state index in [1.54, 1.807) is 57.2 Å². The predicted molar refractivity (Wildman–Crippen MR) is 149 cm³/mol. The van der Waals surface area contributed by atoms with Crippen molar-refractivity contribution in [2.75, 3.05) is 20.2 Å². The molecule has 0 unspecified atom stereocenters. The van der Waals surface area contributed by atoms with Gasteiger partial charge in [0.2, 0.25) is 5.91 Å². The second-order valence-electron chi connectivity index (χ2n) is 10.0. The highest BCUT2D eigenvalue weighted by Gasteiger charge is 2.28. The summed E-state index contributed by atoms with van der Waals surface area (Å²) in [4.78, 5) is 70.4. The Bertz CT molecular complexity index is 1160. The zero-order valence-corrected chi connectivity index (χ0v) is 23.8.